The molecule has 0 aliphatic carbocycles. The third-order valence-corrected chi connectivity index (χ3v) is 4.31. The Morgan fingerprint density at radius 1 is 1.29 bits per heavy atom. The molecule has 0 bridgehead atoms. The van der Waals surface area contributed by atoms with Crippen molar-refractivity contribution in [1.29, 1.82) is 0 Å². The van der Waals surface area contributed by atoms with E-state index in [0.29, 0.717) is 5.69 Å². The number of para-hydroxylation sites is 1. The molecule has 1 aromatic carbocycles. The first-order valence-electron chi connectivity index (χ1n) is 6.67. The zero-order valence-corrected chi connectivity index (χ0v) is 12.8. The van der Waals surface area contributed by atoms with Crippen LogP contribution in [-0.4, -0.2) is 26.7 Å². The van der Waals surface area contributed by atoms with Gasteiger partial charge in [0, 0.05) is 18.9 Å². The Bertz CT molecular complexity index is 774. The predicted octanol–water partition coefficient (Wildman–Crippen LogP) is 2.19. The van der Waals surface area contributed by atoms with E-state index in [1.807, 2.05) is 25.2 Å². The fraction of sp³-hybridized carbons (Fsp3) is 0.267. The molecule has 0 spiro atoms. The molecule has 1 unspecified atom stereocenters. The van der Waals surface area contributed by atoms with Crippen LogP contribution in [0.5, 0.6) is 0 Å². The van der Waals surface area contributed by atoms with Crippen molar-refractivity contribution in [2.24, 2.45) is 0 Å². The zero-order chi connectivity index (χ0) is 15.0. The number of benzene rings is 1. The lowest BCUT2D eigenvalue weighted by Gasteiger charge is -2.23. The molecule has 0 saturated heterocycles. The van der Waals surface area contributed by atoms with Crippen molar-refractivity contribution in [2.45, 2.75) is 12.5 Å². The van der Waals surface area contributed by atoms with Crippen molar-refractivity contribution in [2.75, 3.05) is 22.9 Å². The average molecular weight is 303 g/mol. The van der Waals surface area contributed by atoms with Crippen LogP contribution in [-0.2, 0) is 16.4 Å². The number of rotatable bonds is 3. The van der Waals surface area contributed by atoms with E-state index in [-0.39, 0.29) is 6.04 Å². The van der Waals surface area contributed by atoms with Crippen molar-refractivity contribution in [3.8, 4) is 0 Å². The van der Waals surface area contributed by atoms with Crippen molar-refractivity contribution in [1.82, 2.24) is 4.98 Å². The molecule has 1 aliphatic heterocycles. The van der Waals surface area contributed by atoms with Gasteiger partial charge in [0.05, 0.1) is 24.2 Å². The second-order valence-corrected chi connectivity index (χ2v) is 7.09. The minimum absolute atomic E-state index is 0.177. The van der Waals surface area contributed by atoms with Gasteiger partial charge in [0.2, 0.25) is 10.0 Å². The maximum absolute atomic E-state index is 11.3. The molecule has 0 radical (unpaired) electrons. The van der Waals surface area contributed by atoms with Gasteiger partial charge in [0.25, 0.3) is 0 Å². The minimum atomic E-state index is -3.29. The molecule has 5 nitrogen and oxygen atoms in total. The Hall–Kier alpha value is -2.08. The van der Waals surface area contributed by atoms with Gasteiger partial charge in [0.1, 0.15) is 0 Å². The molecule has 2 heterocycles. The molecule has 2 aromatic rings. The molecule has 1 atom stereocenters. The molecule has 110 valence electrons. The standard InChI is InChI=1S/C15H17N3O2S/c1-18-14-6-4-3-5-11(14)8-15(18)12-7-13(10-16-9-12)17-21(2,19)20/h3-7,9-10,15,17H,8H2,1-2H3. The van der Waals surface area contributed by atoms with Gasteiger partial charge in [-0.2, -0.15) is 0 Å². The molecule has 21 heavy (non-hydrogen) atoms. The number of nitrogens with zero attached hydrogens (tertiary/aromatic N) is 2. The summed E-state index contributed by atoms with van der Waals surface area (Å²) in [7, 11) is -1.24. The number of fused-ring (bicyclic) bond motifs is 1. The van der Waals surface area contributed by atoms with Gasteiger partial charge < -0.3 is 4.90 Å². The molecule has 0 amide bonds. The lowest BCUT2D eigenvalue weighted by atomic mass is 10.0. The first-order valence-corrected chi connectivity index (χ1v) is 8.57. The number of hydrogen-bond donors (Lipinski definition) is 1. The molecule has 6 heteroatoms. The van der Waals surface area contributed by atoms with E-state index in [1.165, 1.54) is 17.4 Å². The summed E-state index contributed by atoms with van der Waals surface area (Å²) in [5.74, 6) is 0. The van der Waals surface area contributed by atoms with E-state index in [0.717, 1.165) is 18.2 Å². The smallest absolute Gasteiger partial charge is 0.229 e. The lowest BCUT2D eigenvalue weighted by Crippen LogP contribution is -2.20. The largest absolute Gasteiger partial charge is 0.367 e. The third kappa shape index (κ3) is 2.85. The second kappa shape index (κ2) is 5.04. The summed E-state index contributed by atoms with van der Waals surface area (Å²) in [4.78, 5) is 6.36. The highest BCUT2D eigenvalue weighted by Gasteiger charge is 2.27. The number of aromatic nitrogens is 1. The number of anilines is 2. The highest BCUT2D eigenvalue weighted by atomic mass is 32.2. The molecule has 1 N–H and O–H groups in total. The summed E-state index contributed by atoms with van der Waals surface area (Å²) in [6.07, 6.45) is 5.35. The average Bonchev–Trinajstić information content (AvgIpc) is 2.75. The van der Waals surface area contributed by atoms with Gasteiger partial charge in [-0.3, -0.25) is 9.71 Å². The number of nitrogens with one attached hydrogen (secondary N) is 1. The van der Waals surface area contributed by atoms with Gasteiger partial charge in [-0.1, -0.05) is 18.2 Å². The van der Waals surface area contributed by atoms with Crippen molar-refractivity contribution >= 4 is 21.4 Å². The normalized spacial score (nSPS) is 17.6. The Balaban J connectivity index is 1.91. The maximum atomic E-state index is 11.3. The molecular formula is C15H17N3O2S. The van der Waals surface area contributed by atoms with Crippen LogP contribution in [0.3, 0.4) is 0 Å². The van der Waals surface area contributed by atoms with Gasteiger partial charge in [-0.25, -0.2) is 8.42 Å². The van der Waals surface area contributed by atoms with E-state index >= 15 is 0 Å². The van der Waals surface area contributed by atoms with Crippen LogP contribution in [0.15, 0.2) is 42.7 Å². The lowest BCUT2D eigenvalue weighted by molar-refractivity contribution is 0.606. The Kier molecular flexibility index (Phi) is 3.33. The molecule has 0 fully saturated rings. The third-order valence-electron chi connectivity index (χ3n) is 3.70. The van der Waals surface area contributed by atoms with Crippen molar-refractivity contribution < 1.29 is 8.42 Å². The summed E-state index contributed by atoms with van der Waals surface area (Å²) in [6.45, 7) is 0. The van der Waals surface area contributed by atoms with Crippen molar-refractivity contribution in [3.05, 3.63) is 53.9 Å². The second-order valence-electron chi connectivity index (χ2n) is 5.34. The highest BCUT2D eigenvalue weighted by molar-refractivity contribution is 7.92. The molecule has 1 aliphatic rings. The van der Waals surface area contributed by atoms with Crippen molar-refractivity contribution in [3.63, 3.8) is 0 Å². The first-order chi connectivity index (χ1) is 9.94. The van der Waals surface area contributed by atoms with Crippen LogP contribution in [0.2, 0.25) is 0 Å². The Labute approximate surface area is 124 Å². The van der Waals surface area contributed by atoms with E-state index in [4.69, 9.17) is 0 Å². The maximum Gasteiger partial charge on any atom is 0.229 e. The number of likely N-dealkylation sites (N-methyl/N-ethyl adjacent to an activating group) is 1. The predicted molar refractivity (Wildman–Crippen MR) is 84.0 cm³/mol. The van der Waals surface area contributed by atoms with Crippen LogP contribution >= 0.6 is 0 Å². The van der Waals surface area contributed by atoms with E-state index in [1.54, 1.807) is 6.20 Å². The summed E-state index contributed by atoms with van der Waals surface area (Å²) in [5, 5.41) is 0. The monoisotopic (exact) mass is 303 g/mol. The van der Waals surface area contributed by atoms with Gasteiger partial charge in [0.15, 0.2) is 0 Å². The fourth-order valence-electron chi connectivity index (χ4n) is 2.79. The van der Waals surface area contributed by atoms with Crippen LogP contribution in [0.25, 0.3) is 0 Å². The minimum Gasteiger partial charge on any atom is -0.367 e. The quantitative estimate of drug-likeness (QED) is 0.944. The number of sulfonamides is 1. The summed E-state index contributed by atoms with van der Waals surface area (Å²) in [6, 6.07) is 10.3. The number of pyridine rings is 1. The summed E-state index contributed by atoms with van der Waals surface area (Å²) >= 11 is 0. The van der Waals surface area contributed by atoms with Gasteiger partial charge >= 0.3 is 0 Å². The Morgan fingerprint density at radius 3 is 2.76 bits per heavy atom. The molecule has 1 aromatic heterocycles. The van der Waals surface area contributed by atoms with Gasteiger partial charge in [-0.15, -0.1) is 0 Å². The molecule has 0 saturated carbocycles. The topological polar surface area (TPSA) is 62.3 Å². The zero-order valence-electron chi connectivity index (χ0n) is 11.9. The summed E-state index contributed by atoms with van der Waals surface area (Å²) in [5.41, 5.74) is 4.01. The van der Waals surface area contributed by atoms with E-state index in [2.05, 4.69) is 26.7 Å². The highest BCUT2D eigenvalue weighted by Crippen LogP contribution is 2.39. The first kappa shape index (κ1) is 13.9. The number of hydrogen-bond acceptors (Lipinski definition) is 4. The van der Waals surface area contributed by atoms with Crippen LogP contribution in [0, 0.1) is 0 Å². The van der Waals surface area contributed by atoms with Crippen LogP contribution in [0.4, 0.5) is 11.4 Å². The van der Waals surface area contributed by atoms with E-state index in [9.17, 15) is 8.42 Å². The van der Waals surface area contributed by atoms with E-state index < -0.39 is 10.0 Å². The molecule has 3 rings (SSSR count). The van der Waals surface area contributed by atoms with Crippen LogP contribution < -0.4 is 9.62 Å². The SMILES string of the molecule is CN1c2ccccc2CC1c1cncc(NS(C)(=O)=O)c1. The van der Waals surface area contributed by atoms with Crippen LogP contribution in [0.1, 0.15) is 17.2 Å². The Morgan fingerprint density at radius 2 is 2.05 bits per heavy atom. The summed E-state index contributed by atoms with van der Waals surface area (Å²) < 4.78 is 25.1. The fourth-order valence-corrected chi connectivity index (χ4v) is 3.33. The molecular weight excluding hydrogens is 286 g/mol. The van der Waals surface area contributed by atoms with Gasteiger partial charge in [-0.05, 0) is 29.7 Å².